The van der Waals surface area contributed by atoms with Crippen LogP contribution in [0.3, 0.4) is 0 Å². The molecule has 0 spiro atoms. The van der Waals surface area contributed by atoms with E-state index in [1.165, 1.54) is 10.5 Å². The summed E-state index contributed by atoms with van der Waals surface area (Å²) >= 11 is 1.64. The number of nitrogens with one attached hydrogen (secondary N) is 1. The highest BCUT2D eigenvalue weighted by Crippen LogP contribution is 2.18. The molecule has 0 amide bonds. The fourth-order valence-electron chi connectivity index (χ4n) is 2.66. The quantitative estimate of drug-likeness (QED) is 0.816. The van der Waals surface area contributed by atoms with Gasteiger partial charge in [-0.15, -0.1) is 11.3 Å². The van der Waals surface area contributed by atoms with Gasteiger partial charge in [0.1, 0.15) is 10.7 Å². The lowest BCUT2D eigenvalue weighted by Crippen LogP contribution is -2.47. The molecule has 0 saturated carbocycles. The minimum absolute atomic E-state index is 0.248. The number of nitrogens with zero attached hydrogens (tertiary/aromatic N) is 4. The number of aromatic nitrogens is 2. The van der Waals surface area contributed by atoms with E-state index in [-0.39, 0.29) is 4.90 Å². The normalized spacial score (nSPS) is 16.9. The van der Waals surface area contributed by atoms with Crippen LogP contribution in [0.1, 0.15) is 10.7 Å². The molecule has 0 unspecified atom stereocenters. The molecule has 7 nitrogen and oxygen atoms in total. The summed E-state index contributed by atoms with van der Waals surface area (Å²) in [5, 5.41) is 6.32. The molecule has 136 valence electrons. The van der Waals surface area contributed by atoms with Crippen LogP contribution < -0.4 is 5.32 Å². The van der Waals surface area contributed by atoms with E-state index in [9.17, 15) is 8.42 Å². The third-order valence-corrected chi connectivity index (χ3v) is 6.89. The highest BCUT2D eigenvalue weighted by molar-refractivity contribution is 7.89. The molecule has 0 radical (unpaired) electrons. The van der Waals surface area contributed by atoms with Gasteiger partial charge in [0.2, 0.25) is 10.0 Å². The van der Waals surface area contributed by atoms with Gasteiger partial charge >= 0.3 is 0 Å². The fourth-order valence-corrected chi connectivity index (χ4v) is 4.67. The van der Waals surface area contributed by atoms with Crippen molar-refractivity contribution < 1.29 is 8.42 Å². The van der Waals surface area contributed by atoms with Crippen molar-refractivity contribution in [2.24, 2.45) is 0 Å². The fraction of sp³-hybridized carbons (Fsp3) is 0.500. The molecule has 1 aliphatic heterocycles. The van der Waals surface area contributed by atoms with Gasteiger partial charge in [-0.2, -0.15) is 4.31 Å². The van der Waals surface area contributed by atoms with Crippen molar-refractivity contribution in [1.82, 2.24) is 19.2 Å². The summed E-state index contributed by atoms with van der Waals surface area (Å²) in [6, 6.07) is 3.34. The zero-order chi connectivity index (χ0) is 17.9. The van der Waals surface area contributed by atoms with Gasteiger partial charge in [0.15, 0.2) is 0 Å². The smallest absolute Gasteiger partial charge is 0.244 e. The van der Waals surface area contributed by atoms with Gasteiger partial charge in [0, 0.05) is 50.7 Å². The predicted octanol–water partition coefficient (Wildman–Crippen LogP) is 1.44. The largest absolute Gasteiger partial charge is 0.370 e. The third-order valence-electron chi connectivity index (χ3n) is 4.19. The van der Waals surface area contributed by atoms with E-state index >= 15 is 0 Å². The molecular formula is C16H23N5O2S2. The van der Waals surface area contributed by atoms with E-state index in [2.05, 4.69) is 25.6 Å². The highest BCUT2D eigenvalue weighted by atomic mass is 32.2. The molecule has 1 aliphatic rings. The molecule has 3 rings (SSSR count). The lowest BCUT2D eigenvalue weighted by molar-refractivity contribution is 0.222. The Balaban J connectivity index is 1.57. The van der Waals surface area contributed by atoms with Gasteiger partial charge in [-0.25, -0.2) is 18.4 Å². The van der Waals surface area contributed by atoms with Gasteiger partial charge in [-0.1, -0.05) is 0 Å². The molecule has 9 heteroatoms. The summed E-state index contributed by atoms with van der Waals surface area (Å²) in [5.41, 5.74) is 1.06. The SMILES string of the molecule is Cc1nc(CCNc2ccc(S(=O)(=O)N3CCN(C)CC3)cn2)cs1. The highest BCUT2D eigenvalue weighted by Gasteiger charge is 2.27. The lowest BCUT2D eigenvalue weighted by atomic mass is 10.3. The number of piperazine rings is 1. The monoisotopic (exact) mass is 381 g/mol. The van der Waals surface area contributed by atoms with E-state index in [1.54, 1.807) is 23.5 Å². The molecule has 3 heterocycles. The van der Waals surface area contributed by atoms with Crippen molar-refractivity contribution >= 4 is 27.2 Å². The predicted molar refractivity (Wildman–Crippen MR) is 99.5 cm³/mol. The van der Waals surface area contributed by atoms with Crippen LogP contribution in [0.15, 0.2) is 28.6 Å². The molecule has 25 heavy (non-hydrogen) atoms. The van der Waals surface area contributed by atoms with Crippen LogP contribution in [-0.2, 0) is 16.4 Å². The number of hydrogen-bond donors (Lipinski definition) is 1. The van der Waals surface area contributed by atoms with E-state index in [4.69, 9.17) is 0 Å². The van der Waals surface area contributed by atoms with Crippen molar-refractivity contribution in [2.75, 3.05) is 45.1 Å². The molecule has 0 bridgehead atoms. The minimum Gasteiger partial charge on any atom is -0.370 e. The van der Waals surface area contributed by atoms with E-state index in [0.29, 0.717) is 25.5 Å². The van der Waals surface area contributed by atoms with Gasteiger partial charge in [0.25, 0.3) is 0 Å². The molecule has 0 atom stereocenters. The number of thiazole rings is 1. The number of aryl methyl sites for hydroxylation is 1. The molecule has 2 aromatic heterocycles. The Bertz CT molecular complexity index is 796. The first-order valence-corrected chi connectivity index (χ1v) is 10.6. The van der Waals surface area contributed by atoms with E-state index in [1.807, 2.05) is 14.0 Å². The first-order chi connectivity index (χ1) is 11.9. The molecular weight excluding hydrogens is 358 g/mol. The van der Waals surface area contributed by atoms with Crippen LogP contribution >= 0.6 is 11.3 Å². The first-order valence-electron chi connectivity index (χ1n) is 8.25. The summed E-state index contributed by atoms with van der Waals surface area (Å²) in [5.74, 6) is 0.671. The molecule has 0 aliphatic carbocycles. The van der Waals surface area contributed by atoms with Crippen LogP contribution in [0.4, 0.5) is 5.82 Å². The number of sulfonamides is 1. The second-order valence-electron chi connectivity index (χ2n) is 6.12. The van der Waals surface area contributed by atoms with Gasteiger partial charge in [-0.3, -0.25) is 0 Å². The standard InChI is InChI=1S/C16H23N5O2S2/c1-13-19-14(12-24-13)5-6-17-16-4-3-15(11-18-16)25(22,23)21-9-7-20(2)8-10-21/h3-4,11-12H,5-10H2,1-2H3,(H,17,18). The Morgan fingerprint density at radius 2 is 2.00 bits per heavy atom. The van der Waals surface area contributed by atoms with Crippen molar-refractivity contribution in [3.8, 4) is 0 Å². The van der Waals surface area contributed by atoms with Gasteiger partial charge < -0.3 is 10.2 Å². The maximum Gasteiger partial charge on any atom is 0.244 e. The van der Waals surface area contributed by atoms with E-state index < -0.39 is 10.0 Å². The maximum atomic E-state index is 12.6. The number of likely N-dealkylation sites (N-methyl/N-ethyl adjacent to an activating group) is 1. The Hall–Kier alpha value is -1.55. The van der Waals surface area contributed by atoms with Gasteiger partial charge in [0.05, 0.1) is 10.7 Å². The second-order valence-corrected chi connectivity index (χ2v) is 9.12. The van der Waals surface area contributed by atoms with Crippen LogP contribution in [0.5, 0.6) is 0 Å². The Morgan fingerprint density at radius 3 is 2.60 bits per heavy atom. The van der Waals surface area contributed by atoms with Crippen LogP contribution in [-0.4, -0.2) is 67.4 Å². The number of anilines is 1. The minimum atomic E-state index is -3.46. The molecule has 0 aromatic carbocycles. The zero-order valence-corrected chi connectivity index (χ0v) is 16.1. The van der Waals surface area contributed by atoms with E-state index in [0.717, 1.165) is 30.2 Å². The lowest BCUT2D eigenvalue weighted by Gasteiger charge is -2.31. The summed E-state index contributed by atoms with van der Waals surface area (Å²) < 4.78 is 26.8. The third kappa shape index (κ3) is 4.55. The number of hydrogen-bond acceptors (Lipinski definition) is 7. The average molecular weight is 382 g/mol. The summed E-state index contributed by atoms with van der Waals surface area (Å²) in [7, 11) is -1.46. The molecule has 1 saturated heterocycles. The maximum absolute atomic E-state index is 12.6. The second kappa shape index (κ2) is 7.77. The summed E-state index contributed by atoms with van der Waals surface area (Å²) in [4.78, 5) is 11.0. The summed E-state index contributed by atoms with van der Waals surface area (Å²) in [6.45, 7) is 5.24. The molecule has 1 N–H and O–H groups in total. The average Bonchev–Trinajstić information content (AvgIpc) is 3.01. The molecule has 2 aromatic rings. The summed E-state index contributed by atoms with van der Waals surface area (Å²) in [6.07, 6.45) is 2.25. The number of rotatable bonds is 6. The van der Waals surface area contributed by atoms with Gasteiger partial charge in [-0.05, 0) is 26.1 Å². The Morgan fingerprint density at radius 1 is 1.24 bits per heavy atom. The van der Waals surface area contributed by atoms with Crippen molar-refractivity contribution in [1.29, 1.82) is 0 Å². The van der Waals surface area contributed by atoms with Crippen molar-refractivity contribution in [3.63, 3.8) is 0 Å². The van der Waals surface area contributed by atoms with Crippen LogP contribution in [0.2, 0.25) is 0 Å². The van der Waals surface area contributed by atoms with Crippen LogP contribution in [0, 0.1) is 6.92 Å². The zero-order valence-electron chi connectivity index (χ0n) is 14.5. The Labute approximate surface area is 152 Å². The topological polar surface area (TPSA) is 78.4 Å². The number of pyridine rings is 1. The Kier molecular flexibility index (Phi) is 5.67. The first kappa shape index (κ1) is 18.2. The molecule has 1 fully saturated rings. The van der Waals surface area contributed by atoms with Crippen molar-refractivity contribution in [2.45, 2.75) is 18.2 Å². The van der Waals surface area contributed by atoms with Crippen LogP contribution in [0.25, 0.3) is 0 Å². The van der Waals surface area contributed by atoms with Crippen molar-refractivity contribution in [3.05, 3.63) is 34.4 Å².